The minimum atomic E-state index is -2.78. The van der Waals surface area contributed by atoms with Gasteiger partial charge in [0.25, 0.3) is 6.43 Å². The zero-order chi connectivity index (χ0) is 11.6. The number of ether oxygens (including phenoxy) is 1. The van der Waals surface area contributed by atoms with E-state index in [9.17, 15) is 13.6 Å². The molecule has 7 heteroatoms. The molecule has 82 valence electrons. The maximum atomic E-state index is 12.3. The second-order valence-electron chi connectivity index (χ2n) is 2.59. The zero-order valence-electron chi connectivity index (χ0n) is 7.63. The second-order valence-corrected chi connectivity index (χ2v) is 3.34. The van der Waals surface area contributed by atoms with Crippen LogP contribution in [0.1, 0.15) is 22.5 Å². The van der Waals surface area contributed by atoms with E-state index >= 15 is 0 Å². The highest BCUT2D eigenvalue weighted by molar-refractivity contribution is 9.10. The summed E-state index contributed by atoms with van der Waals surface area (Å²) in [5, 5.41) is 0. The van der Waals surface area contributed by atoms with Crippen molar-refractivity contribution in [2.45, 2.75) is 6.43 Å². The molecule has 0 saturated carbocycles. The number of anilines is 1. The maximum Gasteiger partial charge on any atom is 0.340 e. The number of hydrogen-bond donors (Lipinski definition) is 1. The molecular formula is C8H7BrF2N2O2. The number of pyridine rings is 1. The summed E-state index contributed by atoms with van der Waals surface area (Å²) in [4.78, 5) is 14.6. The van der Waals surface area contributed by atoms with Crippen molar-refractivity contribution in [2.24, 2.45) is 0 Å². The first-order valence-electron chi connectivity index (χ1n) is 3.79. The molecule has 0 spiro atoms. The molecule has 0 aliphatic carbocycles. The van der Waals surface area contributed by atoms with Crippen molar-refractivity contribution in [3.8, 4) is 0 Å². The summed E-state index contributed by atoms with van der Waals surface area (Å²) in [7, 11) is 1.17. The summed E-state index contributed by atoms with van der Waals surface area (Å²) in [5.74, 6) is -0.693. The molecule has 0 aliphatic heterocycles. The normalized spacial score (nSPS) is 10.5. The van der Waals surface area contributed by atoms with Crippen LogP contribution >= 0.6 is 15.9 Å². The van der Waals surface area contributed by atoms with E-state index in [1.807, 2.05) is 0 Å². The second kappa shape index (κ2) is 4.52. The van der Waals surface area contributed by atoms with Gasteiger partial charge in [-0.15, -0.1) is 0 Å². The molecule has 1 aromatic rings. The highest BCUT2D eigenvalue weighted by Crippen LogP contribution is 2.27. The Balaban J connectivity index is 3.25. The molecule has 0 radical (unpaired) electrons. The molecule has 1 heterocycles. The van der Waals surface area contributed by atoms with E-state index in [4.69, 9.17) is 5.73 Å². The predicted octanol–water partition coefficient (Wildman–Crippen LogP) is 2.15. The number of aromatic nitrogens is 1. The maximum absolute atomic E-state index is 12.3. The number of methoxy groups -OCH3 is 1. The number of carbonyl (C=O) groups is 1. The van der Waals surface area contributed by atoms with E-state index in [2.05, 4.69) is 25.7 Å². The van der Waals surface area contributed by atoms with Crippen molar-refractivity contribution in [3.05, 3.63) is 21.9 Å². The molecule has 4 nitrogen and oxygen atoms in total. The smallest absolute Gasteiger partial charge is 0.340 e. The Morgan fingerprint density at radius 3 is 2.73 bits per heavy atom. The van der Waals surface area contributed by atoms with E-state index in [1.165, 1.54) is 7.11 Å². The van der Waals surface area contributed by atoms with Crippen molar-refractivity contribution >= 4 is 27.6 Å². The van der Waals surface area contributed by atoms with Gasteiger partial charge in [0.2, 0.25) is 0 Å². The summed E-state index contributed by atoms with van der Waals surface area (Å²) in [6, 6.07) is 1.10. The Bertz CT molecular complexity index is 398. The van der Waals surface area contributed by atoms with Gasteiger partial charge >= 0.3 is 5.97 Å². The number of nitrogen functional groups attached to an aromatic ring is 1. The summed E-state index contributed by atoms with van der Waals surface area (Å²) >= 11 is 2.89. The van der Waals surface area contributed by atoms with Crippen molar-refractivity contribution < 1.29 is 18.3 Å². The van der Waals surface area contributed by atoms with Crippen molar-refractivity contribution in [3.63, 3.8) is 0 Å². The standard InChI is InChI=1S/C8H7BrF2N2O2/c1-15-8(14)3-2-4(12)5(7(10)11)13-6(3)9/h2,7H,12H2,1H3. The predicted molar refractivity (Wildman–Crippen MR) is 52.6 cm³/mol. The van der Waals surface area contributed by atoms with Crippen LogP contribution in [0.4, 0.5) is 14.5 Å². The summed E-state index contributed by atoms with van der Waals surface area (Å²) in [5.41, 5.74) is 4.52. The number of nitrogens with two attached hydrogens (primary N) is 1. The first-order chi connectivity index (χ1) is 6.97. The van der Waals surface area contributed by atoms with Crippen LogP contribution in [-0.2, 0) is 4.74 Å². The third kappa shape index (κ3) is 2.41. The molecule has 0 aromatic carbocycles. The number of esters is 1. The van der Waals surface area contributed by atoms with Crippen LogP contribution in [0.25, 0.3) is 0 Å². The van der Waals surface area contributed by atoms with Crippen LogP contribution in [-0.4, -0.2) is 18.1 Å². The average molecular weight is 281 g/mol. The molecule has 2 N–H and O–H groups in total. The lowest BCUT2D eigenvalue weighted by Gasteiger charge is -2.07. The summed E-state index contributed by atoms with van der Waals surface area (Å²) in [6.45, 7) is 0. The Morgan fingerprint density at radius 1 is 1.67 bits per heavy atom. The topological polar surface area (TPSA) is 65.2 Å². The van der Waals surface area contributed by atoms with Gasteiger partial charge in [0.15, 0.2) is 0 Å². The van der Waals surface area contributed by atoms with Gasteiger partial charge in [-0.1, -0.05) is 0 Å². The summed E-state index contributed by atoms with van der Waals surface area (Å²) < 4.78 is 29.1. The molecular weight excluding hydrogens is 274 g/mol. The molecule has 0 atom stereocenters. The minimum absolute atomic E-state index is 0.0133. The molecule has 15 heavy (non-hydrogen) atoms. The van der Waals surface area contributed by atoms with Crippen molar-refractivity contribution in [1.29, 1.82) is 0 Å². The average Bonchev–Trinajstić information content (AvgIpc) is 2.19. The number of rotatable bonds is 2. The first-order valence-corrected chi connectivity index (χ1v) is 4.59. The fourth-order valence-electron chi connectivity index (χ4n) is 0.947. The Morgan fingerprint density at radius 2 is 2.27 bits per heavy atom. The number of halogens is 3. The van der Waals surface area contributed by atoms with Gasteiger partial charge in [-0.05, 0) is 22.0 Å². The lowest BCUT2D eigenvalue weighted by atomic mass is 10.2. The van der Waals surface area contributed by atoms with E-state index < -0.39 is 18.1 Å². The summed E-state index contributed by atoms with van der Waals surface area (Å²) in [6.07, 6.45) is -2.78. The van der Waals surface area contributed by atoms with Gasteiger partial charge < -0.3 is 10.5 Å². The highest BCUT2D eigenvalue weighted by Gasteiger charge is 2.19. The van der Waals surface area contributed by atoms with Crippen LogP contribution in [0.5, 0.6) is 0 Å². The molecule has 0 unspecified atom stereocenters. The van der Waals surface area contributed by atoms with Crippen LogP contribution in [0, 0.1) is 0 Å². The van der Waals surface area contributed by atoms with Crippen molar-refractivity contribution in [2.75, 3.05) is 12.8 Å². The van der Waals surface area contributed by atoms with Crippen LogP contribution < -0.4 is 5.73 Å². The SMILES string of the molecule is COC(=O)c1cc(N)c(C(F)F)nc1Br. The molecule has 0 fully saturated rings. The number of hydrogen-bond acceptors (Lipinski definition) is 4. The van der Waals surface area contributed by atoms with Crippen LogP contribution in [0.2, 0.25) is 0 Å². The fourth-order valence-corrected chi connectivity index (χ4v) is 1.41. The Hall–Kier alpha value is -1.24. The number of nitrogens with zero attached hydrogens (tertiary/aromatic N) is 1. The highest BCUT2D eigenvalue weighted by atomic mass is 79.9. The monoisotopic (exact) mass is 280 g/mol. The number of carbonyl (C=O) groups excluding carboxylic acids is 1. The molecule has 1 aromatic heterocycles. The van der Waals surface area contributed by atoms with E-state index in [1.54, 1.807) is 0 Å². The van der Waals surface area contributed by atoms with Crippen LogP contribution in [0.15, 0.2) is 10.7 Å². The Kier molecular flexibility index (Phi) is 3.57. The first kappa shape index (κ1) is 11.8. The van der Waals surface area contributed by atoms with E-state index in [0.717, 1.165) is 6.07 Å². The number of alkyl halides is 2. The lowest BCUT2D eigenvalue weighted by Crippen LogP contribution is -2.08. The van der Waals surface area contributed by atoms with Crippen molar-refractivity contribution in [1.82, 2.24) is 4.98 Å². The minimum Gasteiger partial charge on any atom is -0.465 e. The third-order valence-electron chi connectivity index (χ3n) is 1.65. The van der Waals surface area contributed by atoms with Gasteiger partial charge in [0.1, 0.15) is 10.3 Å². The van der Waals surface area contributed by atoms with Gasteiger partial charge in [-0.3, -0.25) is 0 Å². The lowest BCUT2D eigenvalue weighted by molar-refractivity contribution is 0.0598. The third-order valence-corrected chi connectivity index (χ3v) is 2.25. The van der Waals surface area contributed by atoms with Gasteiger partial charge in [0.05, 0.1) is 18.4 Å². The van der Waals surface area contributed by atoms with Gasteiger partial charge in [-0.2, -0.15) is 0 Å². The zero-order valence-corrected chi connectivity index (χ0v) is 9.22. The molecule has 0 amide bonds. The largest absolute Gasteiger partial charge is 0.465 e. The fraction of sp³-hybridized carbons (Fsp3) is 0.250. The van der Waals surface area contributed by atoms with E-state index in [0.29, 0.717) is 0 Å². The van der Waals surface area contributed by atoms with Crippen LogP contribution in [0.3, 0.4) is 0 Å². The molecule has 1 rings (SSSR count). The molecule has 0 bridgehead atoms. The van der Waals surface area contributed by atoms with Gasteiger partial charge in [-0.25, -0.2) is 18.6 Å². The molecule has 0 saturated heterocycles. The molecule has 0 aliphatic rings. The Labute approximate surface area is 92.6 Å². The van der Waals surface area contributed by atoms with E-state index in [-0.39, 0.29) is 15.9 Å². The quantitative estimate of drug-likeness (QED) is 0.666. The van der Waals surface area contributed by atoms with Gasteiger partial charge in [0, 0.05) is 0 Å².